The molecule has 254 valence electrons. The number of amides is 2. The van der Waals surface area contributed by atoms with Crippen molar-refractivity contribution in [2.45, 2.75) is 97.1 Å². The van der Waals surface area contributed by atoms with Crippen LogP contribution in [0.2, 0.25) is 0 Å². The van der Waals surface area contributed by atoms with Gasteiger partial charge in [-0.1, -0.05) is 54.6 Å². The SMILES string of the molecule is CCOP1(=O)CCN(Cc2ccccc2-c2ccccc2)CCC1(CCCCN(C(=O)OC(C)(C)C)C(=O)OC(C)(C)C)C(=O)O. The van der Waals surface area contributed by atoms with Gasteiger partial charge in [-0.15, -0.1) is 0 Å². The fourth-order valence-electron chi connectivity index (χ4n) is 5.70. The van der Waals surface area contributed by atoms with E-state index in [1.165, 1.54) is 0 Å². The number of carboxylic acids is 1. The Morgan fingerprint density at radius 1 is 0.891 bits per heavy atom. The van der Waals surface area contributed by atoms with Crippen LogP contribution in [0.1, 0.15) is 79.7 Å². The van der Waals surface area contributed by atoms with Gasteiger partial charge >= 0.3 is 18.2 Å². The lowest BCUT2D eigenvalue weighted by Gasteiger charge is -2.35. The topological polar surface area (TPSA) is 123 Å². The molecule has 1 aliphatic heterocycles. The molecule has 0 spiro atoms. The Hall–Kier alpha value is -3.20. The van der Waals surface area contributed by atoms with Crippen LogP contribution in [0.15, 0.2) is 54.6 Å². The lowest BCUT2D eigenvalue weighted by atomic mass is 9.96. The van der Waals surface area contributed by atoms with Gasteiger partial charge < -0.3 is 19.1 Å². The molecule has 2 aromatic carbocycles. The molecule has 1 fully saturated rings. The molecule has 1 saturated heterocycles. The zero-order valence-electron chi connectivity index (χ0n) is 28.4. The monoisotopic (exact) mass is 658 g/mol. The van der Waals surface area contributed by atoms with E-state index in [9.17, 15) is 24.1 Å². The summed E-state index contributed by atoms with van der Waals surface area (Å²) in [6, 6.07) is 18.2. The normalized spacial score (nSPS) is 20.8. The minimum Gasteiger partial charge on any atom is -0.480 e. The fourth-order valence-corrected chi connectivity index (χ4v) is 8.70. The maximum absolute atomic E-state index is 14.5. The molecule has 46 heavy (non-hydrogen) atoms. The van der Waals surface area contributed by atoms with E-state index >= 15 is 0 Å². The second-order valence-corrected chi connectivity index (χ2v) is 16.7. The minimum atomic E-state index is -3.66. The van der Waals surface area contributed by atoms with Gasteiger partial charge in [0, 0.05) is 32.3 Å². The minimum absolute atomic E-state index is 0.0408. The quantitative estimate of drug-likeness (QED) is 0.189. The number of hydrogen-bond acceptors (Lipinski definition) is 8. The predicted molar refractivity (Wildman–Crippen MR) is 179 cm³/mol. The molecule has 10 nitrogen and oxygen atoms in total. The van der Waals surface area contributed by atoms with Gasteiger partial charge in [-0.2, -0.15) is 0 Å². The van der Waals surface area contributed by atoms with E-state index in [0.29, 0.717) is 26.1 Å². The highest BCUT2D eigenvalue weighted by Gasteiger charge is 2.55. The molecule has 3 rings (SSSR count). The summed E-state index contributed by atoms with van der Waals surface area (Å²) in [4.78, 5) is 42.0. The van der Waals surface area contributed by atoms with Crippen LogP contribution in [0.5, 0.6) is 0 Å². The number of unbranched alkanes of at least 4 members (excludes halogenated alkanes) is 1. The van der Waals surface area contributed by atoms with Crippen molar-refractivity contribution >= 4 is 25.5 Å². The maximum atomic E-state index is 14.5. The van der Waals surface area contributed by atoms with E-state index in [0.717, 1.165) is 21.6 Å². The summed E-state index contributed by atoms with van der Waals surface area (Å²) in [5, 5.41) is 9.06. The van der Waals surface area contributed by atoms with Crippen molar-refractivity contribution in [3.05, 3.63) is 60.2 Å². The Morgan fingerprint density at radius 2 is 1.48 bits per heavy atom. The molecule has 1 N–H and O–H groups in total. The fraction of sp³-hybridized carbons (Fsp3) is 0.571. The average Bonchev–Trinajstić information content (AvgIpc) is 3.09. The van der Waals surface area contributed by atoms with Crippen molar-refractivity contribution in [2.75, 3.05) is 32.4 Å². The number of carboxylic acid groups (broad SMARTS) is 1. The van der Waals surface area contributed by atoms with Gasteiger partial charge in [-0.05, 0) is 90.8 Å². The van der Waals surface area contributed by atoms with E-state index in [1.54, 1.807) is 48.5 Å². The van der Waals surface area contributed by atoms with Gasteiger partial charge in [0.1, 0.15) is 16.4 Å². The van der Waals surface area contributed by atoms with Gasteiger partial charge in [0.2, 0.25) is 7.37 Å². The molecular weight excluding hydrogens is 607 g/mol. The maximum Gasteiger partial charge on any atom is 0.419 e. The van der Waals surface area contributed by atoms with Gasteiger partial charge in [0.25, 0.3) is 0 Å². The zero-order valence-corrected chi connectivity index (χ0v) is 29.3. The Balaban J connectivity index is 1.79. The van der Waals surface area contributed by atoms with Crippen LogP contribution < -0.4 is 0 Å². The number of carbonyl (C=O) groups is 3. The first kappa shape index (κ1) is 37.3. The van der Waals surface area contributed by atoms with Crippen LogP contribution in [0, 0.1) is 0 Å². The third-order valence-electron chi connectivity index (χ3n) is 7.89. The molecule has 11 heteroatoms. The largest absolute Gasteiger partial charge is 0.480 e. The van der Waals surface area contributed by atoms with Crippen molar-refractivity contribution < 1.29 is 38.1 Å². The Bertz CT molecular complexity index is 1360. The zero-order chi connectivity index (χ0) is 34.2. The van der Waals surface area contributed by atoms with Gasteiger partial charge in [0.05, 0.1) is 6.61 Å². The van der Waals surface area contributed by atoms with Gasteiger partial charge in [-0.25, -0.2) is 14.5 Å². The summed E-state index contributed by atoms with van der Waals surface area (Å²) in [6.45, 7) is 13.5. The Labute approximate surface area is 273 Å². The number of aliphatic carboxylic acids is 1. The number of benzene rings is 2. The van der Waals surface area contributed by atoms with Crippen molar-refractivity contribution in [2.24, 2.45) is 0 Å². The number of rotatable bonds is 11. The summed E-state index contributed by atoms with van der Waals surface area (Å²) in [5.41, 5.74) is 1.64. The van der Waals surface area contributed by atoms with Crippen LogP contribution in [-0.2, 0) is 29.9 Å². The highest BCUT2D eigenvalue weighted by Crippen LogP contribution is 2.63. The number of hydrogen-bond donors (Lipinski definition) is 1. The third kappa shape index (κ3) is 9.90. The highest BCUT2D eigenvalue weighted by atomic mass is 31.2. The van der Waals surface area contributed by atoms with Crippen LogP contribution >= 0.6 is 7.37 Å². The van der Waals surface area contributed by atoms with Gasteiger partial charge in [-0.3, -0.25) is 14.3 Å². The molecule has 1 heterocycles. The average molecular weight is 659 g/mol. The first-order chi connectivity index (χ1) is 21.5. The predicted octanol–water partition coefficient (Wildman–Crippen LogP) is 8.04. The molecule has 2 unspecified atom stereocenters. The van der Waals surface area contributed by atoms with E-state index in [2.05, 4.69) is 29.2 Å². The molecule has 2 amide bonds. The highest BCUT2D eigenvalue weighted by molar-refractivity contribution is 7.61. The molecule has 2 atom stereocenters. The third-order valence-corrected chi connectivity index (χ3v) is 11.3. The van der Waals surface area contributed by atoms with E-state index in [1.807, 2.05) is 30.3 Å². The summed E-state index contributed by atoms with van der Waals surface area (Å²) in [6.07, 6.45) is -0.774. The smallest absolute Gasteiger partial charge is 0.419 e. The van der Waals surface area contributed by atoms with Crippen molar-refractivity contribution in [1.29, 1.82) is 0 Å². The molecule has 1 aliphatic rings. The first-order valence-corrected chi connectivity index (χ1v) is 17.9. The van der Waals surface area contributed by atoms with Crippen LogP contribution in [0.4, 0.5) is 9.59 Å². The second kappa shape index (κ2) is 15.6. The molecule has 0 radical (unpaired) electrons. The van der Waals surface area contributed by atoms with Crippen molar-refractivity contribution in [1.82, 2.24) is 9.80 Å². The number of carbonyl (C=O) groups excluding carboxylic acids is 2. The van der Waals surface area contributed by atoms with Crippen LogP contribution in [-0.4, -0.2) is 81.8 Å². The second-order valence-electron chi connectivity index (χ2n) is 13.8. The molecule has 2 aromatic rings. The molecule has 0 bridgehead atoms. The summed E-state index contributed by atoms with van der Waals surface area (Å²) in [7, 11) is -3.66. The Morgan fingerprint density at radius 3 is 2.04 bits per heavy atom. The number of imide groups is 1. The number of nitrogens with zero attached hydrogens (tertiary/aromatic N) is 2. The number of ether oxygens (including phenoxy) is 2. The van der Waals surface area contributed by atoms with Crippen molar-refractivity contribution in [3.63, 3.8) is 0 Å². The Kier molecular flexibility index (Phi) is 12.6. The lowest BCUT2D eigenvalue weighted by Crippen LogP contribution is -2.44. The van der Waals surface area contributed by atoms with Gasteiger partial charge in [0.15, 0.2) is 0 Å². The van der Waals surface area contributed by atoms with E-state index in [-0.39, 0.29) is 38.6 Å². The summed E-state index contributed by atoms with van der Waals surface area (Å²) >= 11 is 0. The molecule has 0 aliphatic carbocycles. The molecular formula is C35H51N2O8P. The summed E-state index contributed by atoms with van der Waals surface area (Å²) < 4.78 is 31.3. The molecule has 0 aromatic heterocycles. The lowest BCUT2D eigenvalue weighted by molar-refractivity contribution is -0.141. The van der Waals surface area contributed by atoms with Crippen LogP contribution in [0.3, 0.4) is 0 Å². The van der Waals surface area contributed by atoms with Crippen molar-refractivity contribution in [3.8, 4) is 11.1 Å². The molecule has 0 saturated carbocycles. The van der Waals surface area contributed by atoms with E-state index in [4.69, 9.17) is 14.0 Å². The van der Waals surface area contributed by atoms with Crippen LogP contribution in [0.25, 0.3) is 11.1 Å². The standard InChI is InChI=1S/C35H51N2O8P/c1-8-43-46(42)25-24-36(26-28-18-12-13-19-29(28)27-16-10-9-11-17-27)23-21-35(46,30(38)39)20-14-15-22-37(31(40)44-33(2,3)4)32(41)45-34(5,6)7/h9-13,16-19H,8,14-15,20-26H2,1-7H3,(H,38,39). The van der Waals surface area contributed by atoms with E-state index < -0.39 is 41.9 Å². The summed E-state index contributed by atoms with van der Waals surface area (Å²) in [5.74, 6) is -1.15. The first-order valence-electron chi connectivity index (χ1n) is 16.1.